The first-order chi connectivity index (χ1) is 14.2. The van der Waals surface area contributed by atoms with Gasteiger partial charge in [-0.05, 0) is 37.0 Å². The van der Waals surface area contributed by atoms with Crippen LogP contribution in [0.15, 0.2) is 23.1 Å². The molecule has 0 radical (unpaired) electrons. The lowest BCUT2D eigenvalue weighted by Crippen LogP contribution is -2.36. The Hall–Kier alpha value is -1.64. The average molecular weight is 459 g/mol. The van der Waals surface area contributed by atoms with E-state index in [1.54, 1.807) is 4.90 Å². The van der Waals surface area contributed by atoms with E-state index >= 15 is 0 Å². The minimum absolute atomic E-state index is 0.0469. The first-order valence-electron chi connectivity index (χ1n) is 10.3. The van der Waals surface area contributed by atoms with Crippen molar-refractivity contribution in [3.8, 4) is 0 Å². The lowest BCUT2D eigenvalue weighted by atomic mass is 10.1. The normalized spacial score (nSPS) is 15.6. The van der Waals surface area contributed by atoms with Crippen molar-refractivity contribution in [2.45, 2.75) is 50.8 Å². The van der Waals surface area contributed by atoms with E-state index < -0.39 is 16.0 Å². The second kappa shape index (κ2) is 11.1. The van der Waals surface area contributed by atoms with Crippen molar-refractivity contribution in [1.29, 1.82) is 0 Å². The summed E-state index contributed by atoms with van der Waals surface area (Å²) < 4.78 is 32.5. The molecule has 0 aliphatic carbocycles. The zero-order valence-corrected chi connectivity index (χ0v) is 19.5. The fourth-order valence-electron chi connectivity index (χ4n) is 3.48. The molecule has 0 N–H and O–H groups in total. The molecule has 0 saturated carbocycles. The predicted octanol–water partition coefficient (Wildman–Crippen LogP) is 3.57. The van der Waals surface area contributed by atoms with Gasteiger partial charge in [-0.2, -0.15) is 4.31 Å². The van der Waals surface area contributed by atoms with E-state index in [0.717, 1.165) is 25.7 Å². The number of rotatable bonds is 8. The molecular weight excluding hydrogens is 428 g/mol. The Morgan fingerprint density at radius 1 is 1.17 bits per heavy atom. The number of hydrogen-bond acceptors (Lipinski definition) is 5. The topological polar surface area (TPSA) is 84.0 Å². The van der Waals surface area contributed by atoms with Crippen molar-refractivity contribution in [2.75, 3.05) is 33.3 Å². The first-order valence-corrected chi connectivity index (χ1v) is 12.1. The molecule has 9 heteroatoms. The minimum atomic E-state index is -3.79. The number of benzene rings is 1. The number of nitrogens with zero attached hydrogens (tertiary/aromatic N) is 2. The summed E-state index contributed by atoms with van der Waals surface area (Å²) in [6.45, 7) is 5.48. The van der Waals surface area contributed by atoms with Crippen LogP contribution in [-0.4, -0.2) is 62.8 Å². The Bertz CT molecular complexity index is 849. The third-order valence-electron chi connectivity index (χ3n) is 5.05. The van der Waals surface area contributed by atoms with Gasteiger partial charge in [-0.3, -0.25) is 9.59 Å². The van der Waals surface area contributed by atoms with E-state index in [-0.39, 0.29) is 40.3 Å². The first kappa shape index (κ1) is 24.6. The van der Waals surface area contributed by atoms with Gasteiger partial charge in [0.1, 0.15) is 4.90 Å². The summed E-state index contributed by atoms with van der Waals surface area (Å²) in [5.41, 5.74) is 0.235. The number of carbonyl (C=O) groups is 2. The number of halogens is 1. The number of carbonyl (C=O) groups excluding carboxylic acids is 2. The predicted molar refractivity (Wildman–Crippen MR) is 116 cm³/mol. The smallest absolute Gasteiger partial charge is 0.307 e. The van der Waals surface area contributed by atoms with Gasteiger partial charge in [0.25, 0.3) is 5.91 Å². The molecule has 1 fully saturated rings. The molecule has 0 spiro atoms. The Balaban J connectivity index is 2.32. The van der Waals surface area contributed by atoms with Crippen molar-refractivity contribution < 1.29 is 22.7 Å². The summed E-state index contributed by atoms with van der Waals surface area (Å²) in [4.78, 5) is 26.2. The minimum Gasteiger partial charge on any atom is -0.469 e. The number of esters is 1. The van der Waals surface area contributed by atoms with Crippen LogP contribution in [0.3, 0.4) is 0 Å². The SMILES string of the molecule is COC(=O)CCN(CC(C)C)C(=O)c1ccc(Cl)c(S(=O)(=O)N2CCCCCC2)c1. The van der Waals surface area contributed by atoms with Gasteiger partial charge in [-0.1, -0.05) is 38.3 Å². The van der Waals surface area contributed by atoms with E-state index in [2.05, 4.69) is 4.74 Å². The molecule has 1 aliphatic heterocycles. The molecule has 0 bridgehead atoms. The Kier molecular flexibility index (Phi) is 9.12. The quantitative estimate of drug-likeness (QED) is 0.556. The molecule has 30 heavy (non-hydrogen) atoms. The summed E-state index contributed by atoms with van der Waals surface area (Å²) in [7, 11) is -2.49. The van der Waals surface area contributed by atoms with Gasteiger partial charge in [0.2, 0.25) is 10.0 Å². The van der Waals surface area contributed by atoms with Gasteiger partial charge in [0.05, 0.1) is 18.6 Å². The van der Waals surface area contributed by atoms with Gasteiger partial charge >= 0.3 is 5.97 Å². The number of methoxy groups -OCH3 is 1. The van der Waals surface area contributed by atoms with E-state index in [1.165, 1.54) is 29.6 Å². The maximum Gasteiger partial charge on any atom is 0.307 e. The van der Waals surface area contributed by atoms with Gasteiger partial charge in [0.15, 0.2) is 0 Å². The van der Waals surface area contributed by atoms with E-state index in [4.69, 9.17) is 11.6 Å². The molecule has 1 aromatic rings. The summed E-state index contributed by atoms with van der Waals surface area (Å²) in [6, 6.07) is 4.33. The molecule has 1 heterocycles. The highest BCUT2D eigenvalue weighted by molar-refractivity contribution is 7.89. The molecule has 2 rings (SSSR count). The molecule has 1 amide bonds. The van der Waals surface area contributed by atoms with Gasteiger partial charge in [0, 0.05) is 31.7 Å². The second-order valence-electron chi connectivity index (χ2n) is 7.93. The van der Waals surface area contributed by atoms with Gasteiger partial charge < -0.3 is 9.64 Å². The molecule has 168 valence electrons. The van der Waals surface area contributed by atoms with E-state index in [9.17, 15) is 18.0 Å². The summed E-state index contributed by atoms with van der Waals surface area (Å²) in [6.07, 6.45) is 3.70. The molecule has 7 nitrogen and oxygen atoms in total. The zero-order valence-electron chi connectivity index (χ0n) is 17.9. The highest BCUT2D eigenvalue weighted by Gasteiger charge is 2.29. The van der Waals surface area contributed by atoms with E-state index in [0.29, 0.717) is 19.6 Å². The zero-order chi connectivity index (χ0) is 22.3. The van der Waals surface area contributed by atoms with Crippen LogP contribution in [0, 0.1) is 5.92 Å². The molecule has 1 aromatic carbocycles. The van der Waals surface area contributed by atoms with Crippen LogP contribution in [-0.2, 0) is 19.6 Å². The molecule has 0 atom stereocenters. The van der Waals surface area contributed by atoms with Gasteiger partial charge in [-0.25, -0.2) is 8.42 Å². The monoisotopic (exact) mass is 458 g/mol. The van der Waals surface area contributed by atoms with Crippen LogP contribution in [0.4, 0.5) is 0 Å². The summed E-state index contributed by atoms with van der Waals surface area (Å²) in [5.74, 6) is -0.562. The average Bonchev–Trinajstić information content (AvgIpc) is 3.00. The number of ether oxygens (including phenoxy) is 1. The Morgan fingerprint density at radius 2 is 1.80 bits per heavy atom. The number of amides is 1. The highest BCUT2D eigenvalue weighted by atomic mass is 35.5. The molecule has 0 aromatic heterocycles. The molecule has 1 saturated heterocycles. The largest absolute Gasteiger partial charge is 0.469 e. The maximum absolute atomic E-state index is 13.2. The van der Waals surface area contributed by atoms with Crippen LogP contribution in [0.1, 0.15) is 56.3 Å². The fraction of sp³-hybridized carbons (Fsp3) is 0.619. The third-order valence-corrected chi connectivity index (χ3v) is 7.43. The lowest BCUT2D eigenvalue weighted by Gasteiger charge is -2.25. The molecule has 1 aliphatic rings. The van der Waals surface area contributed by atoms with Crippen molar-refractivity contribution in [1.82, 2.24) is 9.21 Å². The Morgan fingerprint density at radius 3 is 2.37 bits per heavy atom. The van der Waals surface area contributed by atoms with Crippen LogP contribution in [0.2, 0.25) is 5.02 Å². The maximum atomic E-state index is 13.2. The van der Waals surface area contributed by atoms with Crippen LogP contribution < -0.4 is 0 Å². The number of hydrogen-bond donors (Lipinski definition) is 0. The molecular formula is C21H31ClN2O5S. The fourth-order valence-corrected chi connectivity index (χ4v) is 5.50. The summed E-state index contributed by atoms with van der Waals surface area (Å²) >= 11 is 6.24. The third kappa shape index (κ3) is 6.43. The van der Waals surface area contributed by atoms with Gasteiger partial charge in [-0.15, -0.1) is 0 Å². The highest BCUT2D eigenvalue weighted by Crippen LogP contribution is 2.28. The van der Waals surface area contributed by atoms with E-state index in [1.807, 2.05) is 13.8 Å². The second-order valence-corrected chi connectivity index (χ2v) is 10.2. The summed E-state index contributed by atoms with van der Waals surface area (Å²) in [5, 5.41) is 0.0979. The van der Waals surface area contributed by atoms with Crippen molar-refractivity contribution >= 4 is 33.5 Å². The van der Waals surface area contributed by atoms with Crippen LogP contribution in [0.5, 0.6) is 0 Å². The van der Waals surface area contributed by atoms with Crippen molar-refractivity contribution in [2.24, 2.45) is 5.92 Å². The number of sulfonamides is 1. The van der Waals surface area contributed by atoms with Crippen molar-refractivity contribution in [3.63, 3.8) is 0 Å². The standard InChI is InChI=1S/C21H31ClN2O5S/c1-16(2)15-23(13-10-20(25)29-3)21(26)17-8-9-18(22)19(14-17)30(27,28)24-11-6-4-5-7-12-24/h8-9,14,16H,4-7,10-13,15H2,1-3H3. The molecule has 0 unspecified atom stereocenters. The van der Waals surface area contributed by atoms with Crippen LogP contribution >= 0.6 is 11.6 Å². The lowest BCUT2D eigenvalue weighted by molar-refractivity contribution is -0.140. The Labute approximate surface area is 184 Å². The van der Waals surface area contributed by atoms with Crippen molar-refractivity contribution in [3.05, 3.63) is 28.8 Å². The van der Waals surface area contributed by atoms with Crippen LogP contribution in [0.25, 0.3) is 0 Å².